The fraction of sp³-hybridized carbons (Fsp3) is 0.294. The van der Waals surface area contributed by atoms with Crippen molar-refractivity contribution in [3.8, 4) is 0 Å². The van der Waals surface area contributed by atoms with E-state index in [2.05, 4.69) is 22.2 Å². The van der Waals surface area contributed by atoms with Gasteiger partial charge in [-0.05, 0) is 29.9 Å². The van der Waals surface area contributed by atoms with Gasteiger partial charge in [0.05, 0.1) is 17.9 Å². The number of rotatable bonds is 3. The van der Waals surface area contributed by atoms with Crippen molar-refractivity contribution in [3.05, 3.63) is 65.7 Å². The van der Waals surface area contributed by atoms with Gasteiger partial charge < -0.3 is 5.11 Å². The van der Waals surface area contributed by atoms with Crippen LogP contribution in [0.2, 0.25) is 0 Å². The highest BCUT2D eigenvalue weighted by atomic mass is 16.3. The molecule has 4 rings (SSSR count). The zero-order valence-corrected chi connectivity index (χ0v) is 11.7. The first-order chi connectivity index (χ1) is 10.3. The lowest BCUT2D eigenvalue weighted by Gasteiger charge is -2.26. The largest absolute Gasteiger partial charge is 0.384 e. The Balaban J connectivity index is 1.65. The SMILES string of the molecule is OC(c1ccc(C2CCC2)cc1)c1cnn2ccncc12. The molecule has 3 aromatic rings. The summed E-state index contributed by atoms with van der Waals surface area (Å²) in [6.45, 7) is 0. The zero-order valence-electron chi connectivity index (χ0n) is 11.7. The number of fused-ring (bicyclic) bond motifs is 1. The second-order valence-electron chi connectivity index (χ2n) is 5.70. The molecular formula is C17H17N3O. The van der Waals surface area contributed by atoms with E-state index in [0.717, 1.165) is 22.6 Å². The van der Waals surface area contributed by atoms with Gasteiger partial charge in [-0.25, -0.2) is 4.52 Å². The zero-order chi connectivity index (χ0) is 14.2. The first-order valence-electron chi connectivity index (χ1n) is 7.38. The van der Waals surface area contributed by atoms with Gasteiger partial charge in [0.15, 0.2) is 0 Å². The summed E-state index contributed by atoms with van der Waals surface area (Å²) in [5.41, 5.74) is 3.92. The Morgan fingerprint density at radius 2 is 1.95 bits per heavy atom. The Kier molecular flexibility index (Phi) is 2.97. The molecule has 4 heteroatoms. The summed E-state index contributed by atoms with van der Waals surface area (Å²) in [7, 11) is 0. The van der Waals surface area contributed by atoms with Gasteiger partial charge in [0.1, 0.15) is 6.10 Å². The topological polar surface area (TPSA) is 50.4 Å². The number of hydrogen-bond donors (Lipinski definition) is 1. The second-order valence-corrected chi connectivity index (χ2v) is 5.70. The van der Waals surface area contributed by atoms with Gasteiger partial charge in [-0.2, -0.15) is 5.10 Å². The van der Waals surface area contributed by atoms with Gasteiger partial charge >= 0.3 is 0 Å². The van der Waals surface area contributed by atoms with Gasteiger partial charge in [-0.3, -0.25) is 4.98 Å². The van der Waals surface area contributed by atoms with Crippen molar-refractivity contribution in [1.29, 1.82) is 0 Å². The lowest BCUT2D eigenvalue weighted by molar-refractivity contribution is 0.221. The normalized spacial score (nSPS) is 16.8. The summed E-state index contributed by atoms with van der Waals surface area (Å²) in [5.74, 6) is 0.720. The standard InChI is InChI=1S/C17H17N3O/c21-17(15-10-19-20-9-8-18-11-16(15)20)14-6-4-13(5-7-14)12-2-1-3-12/h4-12,17,21H,1-3H2. The molecule has 0 spiro atoms. The average Bonchev–Trinajstić information content (AvgIpc) is 2.89. The van der Waals surface area contributed by atoms with E-state index in [4.69, 9.17) is 0 Å². The van der Waals surface area contributed by atoms with Crippen LogP contribution < -0.4 is 0 Å². The summed E-state index contributed by atoms with van der Waals surface area (Å²) in [6, 6.07) is 8.34. The van der Waals surface area contributed by atoms with Crippen molar-refractivity contribution in [2.75, 3.05) is 0 Å². The number of aliphatic hydroxyl groups excluding tert-OH is 1. The van der Waals surface area contributed by atoms with Crippen LogP contribution in [0.4, 0.5) is 0 Å². The summed E-state index contributed by atoms with van der Waals surface area (Å²) in [5, 5.41) is 14.8. The maximum atomic E-state index is 10.6. The molecule has 2 heterocycles. The van der Waals surface area contributed by atoms with Crippen LogP contribution in [0, 0.1) is 0 Å². The van der Waals surface area contributed by atoms with Crippen LogP contribution in [0.1, 0.15) is 48.0 Å². The molecule has 4 nitrogen and oxygen atoms in total. The minimum atomic E-state index is -0.665. The van der Waals surface area contributed by atoms with Crippen LogP contribution in [0.5, 0.6) is 0 Å². The molecule has 2 aromatic heterocycles. The van der Waals surface area contributed by atoms with Crippen molar-refractivity contribution in [2.24, 2.45) is 0 Å². The minimum Gasteiger partial charge on any atom is -0.384 e. The molecule has 1 atom stereocenters. The molecule has 0 radical (unpaired) electrons. The first-order valence-corrected chi connectivity index (χ1v) is 7.38. The summed E-state index contributed by atoms with van der Waals surface area (Å²) in [4.78, 5) is 4.11. The third-order valence-corrected chi connectivity index (χ3v) is 4.48. The Morgan fingerprint density at radius 1 is 1.14 bits per heavy atom. The lowest BCUT2D eigenvalue weighted by atomic mass is 9.80. The number of nitrogens with zero attached hydrogens (tertiary/aromatic N) is 3. The van der Waals surface area contributed by atoms with Crippen LogP contribution in [0.3, 0.4) is 0 Å². The van der Waals surface area contributed by atoms with Crippen LogP contribution in [0.15, 0.2) is 49.1 Å². The summed E-state index contributed by atoms with van der Waals surface area (Å²) >= 11 is 0. The van der Waals surface area contributed by atoms with Crippen molar-refractivity contribution in [3.63, 3.8) is 0 Å². The molecule has 0 saturated heterocycles. The molecule has 0 amide bonds. The van der Waals surface area contributed by atoms with E-state index < -0.39 is 6.10 Å². The highest BCUT2D eigenvalue weighted by Gasteiger charge is 2.20. The molecule has 21 heavy (non-hydrogen) atoms. The molecule has 0 bridgehead atoms. The number of benzene rings is 1. The fourth-order valence-electron chi connectivity index (χ4n) is 2.94. The first kappa shape index (κ1) is 12.5. The molecule has 1 N–H and O–H groups in total. The highest BCUT2D eigenvalue weighted by Crippen LogP contribution is 2.37. The Morgan fingerprint density at radius 3 is 2.67 bits per heavy atom. The van der Waals surface area contributed by atoms with E-state index in [1.54, 1.807) is 29.3 Å². The predicted molar refractivity (Wildman–Crippen MR) is 80.1 cm³/mol. The second kappa shape index (κ2) is 4.97. The van der Waals surface area contributed by atoms with E-state index in [9.17, 15) is 5.11 Å². The van der Waals surface area contributed by atoms with Gasteiger partial charge in [0.25, 0.3) is 0 Å². The van der Waals surface area contributed by atoms with E-state index in [0.29, 0.717) is 0 Å². The summed E-state index contributed by atoms with van der Waals surface area (Å²) in [6.07, 6.45) is 10.2. The van der Waals surface area contributed by atoms with Crippen LogP contribution in [-0.4, -0.2) is 19.7 Å². The van der Waals surface area contributed by atoms with Gasteiger partial charge in [0, 0.05) is 18.0 Å². The Labute approximate surface area is 123 Å². The molecule has 1 aliphatic rings. The Hall–Kier alpha value is -2.20. The molecule has 1 unspecified atom stereocenters. The van der Waals surface area contributed by atoms with E-state index in [1.165, 1.54) is 24.8 Å². The average molecular weight is 279 g/mol. The van der Waals surface area contributed by atoms with E-state index in [1.807, 2.05) is 12.1 Å². The number of aliphatic hydroxyl groups is 1. The van der Waals surface area contributed by atoms with E-state index >= 15 is 0 Å². The molecule has 106 valence electrons. The molecule has 1 fully saturated rings. The third kappa shape index (κ3) is 2.12. The lowest BCUT2D eigenvalue weighted by Crippen LogP contribution is -2.09. The van der Waals surface area contributed by atoms with Gasteiger partial charge in [0.2, 0.25) is 0 Å². The minimum absolute atomic E-state index is 0.665. The monoisotopic (exact) mass is 279 g/mol. The fourth-order valence-corrected chi connectivity index (χ4v) is 2.94. The Bertz CT molecular complexity index is 759. The number of hydrogen-bond acceptors (Lipinski definition) is 3. The quantitative estimate of drug-likeness (QED) is 0.801. The van der Waals surface area contributed by atoms with Gasteiger partial charge in [-0.1, -0.05) is 30.7 Å². The van der Waals surface area contributed by atoms with E-state index in [-0.39, 0.29) is 0 Å². The van der Waals surface area contributed by atoms with Gasteiger partial charge in [-0.15, -0.1) is 0 Å². The highest BCUT2D eigenvalue weighted by molar-refractivity contribution is 5.55. The van der Waals surface area contributed by atoms with Crippen molar-refractivity contribution < 1.29 is 5.11 Å². The van der Waals surface area contributed by atoms with Crippen molar-refractivity contribution in [2.45, 2.75) is 31.3 Å². The molecule has 1 saturated carbocycles. The van der Waals surface area contributed by atoms with Crippen LogP contribution >= 0.6 is 0 Å². The number of aromatic nitrogens is 3. The predicted octanol–water partition coefficient (Wildman–Crippen LogP) is 3.08. The van der Waals surface area contributed by atoms with Crippen molar-refractivity contribution in [1.82, 2.24) is 14.6 Å². The molecule has 1 aliphatic carbocycles. The van der Waals surface area contributed by atoms with Crippen molar-refractivity contribution >= 4 is 5.52 Å². The smallest absolute Gasteiger partial charge is 0.108 e. The van der Waals surface area contributed by atoms with Crippen LogP contribution in [0.25, 0.3) is 5.52 Å². The maximum Gasteiger partial charge on any atom is 0.108 e. The maximum absolute atomic E-state index is 10.6. The third-order valence-electron chi connectivity index (χ3n) is 4.48. The summed E-state index contributed by atoms with van der Waals surface area (Å²) < 4.78 is 1.73. The van der Waals surface area contributed by atoms with Crippen LogP contribution in [-0.2, 0) is 0 Å². The molecular weight excluding hydrogens is 262 g/mol. The molecule has 0 aliphatic heterocycles. The molecule has 1 aromatic carbocycles.